The molecule has 3 fully saturated rings. The SMILES string of the molecule is CC(C(=O)N1CCCC1)N1CCN(Cc2cccc(CN3CCCCC3)c2)CC1. The maximum absolute atomic E-state index is 12.7. The molecule has 0 bridgehead atoms. The summed E-state index contributed by atoms with van der Waals surface area (Å²) < 4.78 is 0. The predicted molar refractivity (Wildman–Crippen MR) is 118 cm³/mol. The molecule has 5 heteroatoms. The number of hydrogen-bond acceptors (Lipinski definition) is 4. The van der Waals surface area contributed by atoms with Crippen molar-refractivity contribution in [2.24, 2.45) is 0 Å². The molecule has 1 atom stereocenters. The first kappa shape index (κ1) is 20.8. The van der Waals surface area contributed by atoms with E-state index in [-0.39, 0.29) is 6.04 Å². The number of likely N-dealkylation sites (tertiary alicyclic amines) is 2. The van der Waals surface area contributed by atoms with Crippen molar-refractivity contribution >= 4 is 5.91 Å². The molecule has 29 heavy (non-hydrogen) atoms. The molecule has 1 aromatic rings. The highest BCUT2D eigenvalue weighted by Gasteiger charge is 2.29. The van der Waals surface area contributed by atoms with Gasteiger partial charge in [0.25, 0.3) is 0 Å². The van der Waals surface area contributed by atoms with Crippen molar-refractivity contribution in [3.05, 3.63) is 35.4 Å². The third kappa shape index (κ3) is 5.59. The van der Waals surface area contributed by atoms with Crippen LogP contribution in [0.15, 0.2) is 24.3 Å². The van der Waals surface area contributed by atoms with Crippen LogP contribution in [0.4, 0.5) is 0 Å². The number of carbonyl (C=O) groups is 1. The van der Waals surface area contributed by atoms with Crippen LogP contribution in [0.3, 0.4) is 0 Å². The van der Waals surface area contributed by atoms with Gasteiger partial charge in [-0.1, -0.05) is 30.7 Å². The summed E-state index contributed by atoms with van der Waals surface area (Å²) in [5.74, 6) is 0.335. The first-order chi connectivity index (χ1) is 14.2. The van der Waals surface area contributed by atoms with Crippen molar-refractivity contribution in [3.63, 3.8) is 0 Å². The molecule has 3 aliphatic rings. The minimum atomic E-state index is 0.0307. The Morgan fingerprint density at radius 1 is 0.793 bits per heavy atom. The molecule has 3 heterocycles. The van der Waals surface area contributed by atoms with Crippen molar-refractivity contribution in [3.8, 4) is 0 Å². The molecule has 0 spiro atoms. The van der Waals surface area contributed by atoms with E-state index in [4.69, 9.17) is 0 Å². The highest BCUT2D eigenvalue weighted by Crippen LogP contribution is 2.17. The highest BCUT2D eigenvalue weighted by molar-refractivity contribution is 5.81. The van der Waals surface area contributed by atoms with Crippen molar-refractivity contribution in [1.29, 1.82) is 0 Å². The fourth-order valence-corrected chi connectivity index (χ4v) is 5.13. The number of amides is 1. The van der Waals surface area contributed by atoms with E-state index in [1.807, 2.05) is 0 Å². The third-order valence-electron chi connectivity index (χ3n) is 6.98. The van der Waals surface area contributed by atoms with E-state index in [2.05, 4.69) is 50.8 Å². The molecule has 0 saturated carbocycles. The molecular weight excluding hydrogens is 360 g/mol. The van der Waals surface area contributed by atoms with Gasteiger partial charge in [-0.2, -0.15) is 0 Å². The van der Waals surface area contributed by atoms with E-state index in [0.29, 0.717) is 5.91 Å². The van der Waals surface area contributed by atoms with Gasteiger partial charge in [0, 0.05) is 52.4 Å². The molecule has 1 amide bonds. The Hall–Kier alpha value is -1.43. The largest absolute Gasteiger partial charge is 0.341 e. The van der Waals surface area contributed by atoms with Crippen LogP contribution in [0.1, 0.15) is 50.2 Å². The van der Waals surface area contributed by atoms with E-state index >= 15 is 0 Å². The minimum absolute atomic E-state index is 0.0307. The molecule has 3 aliphatic heterocycles. The summed E-state index contributed by atoms with van der Waals surface area (Å²) in [5, 5.41) is 0. The number of carbonyl (C=O) groups excluding carboxylic acids is 1. The zero-order chi connectivity index (χ0) is 20.1. The average Bonchev–Trinajstić information content (AvgIpc) is 3.29. The fraction of sp³-hybridized carbons (Fsp3) is 0.708. The molecule has 4 rings (SSSR count). The summed E-state index contributed by atoms with van der Waals surface area (Å²) in [4.78, 5) is 22.3. The van der Waals surface area contributed by atoms with Crippen LogP contribution in [0.2, 0.25) is 0 Å². The Morgan fingerprint density at radius 3 is 1.97 bits per heavy atom. The zero-order valence-electron chi connectivity index (χ0n) is 18.2. The van der Waals surface area contributed by atoms with Crippen LogP contribution >= 0.6 is 0 Å². The summed E-state index contributed by atoms with van der Waals surface area (Å²) in [5.41, 5.74) is 2.88. The van der Waals surface area contributed by atoms with Crippen molar-refractivity contribution in [1.82, 2.24) is 19.6 Å². The quantitative estimate of drug-likeness (QED) is 0.737. The average molecular weight is 399 g/mol. The number of piperazine rings is 1. The number of hydrogen-bond donors (Lipinski definition) is 0. The Kier molecular flexibility index (Phi) is 7.22. The Labute approximate surface area is 176 Å². The van der Waals surface area contributed by atoms with Crippen LogP contribution < -0.4 is 0 Å². The predicted octanol–water partition coefficient (Wildman–Crippen LogP) is 2.80. The zero-order valence-corrected chi connectivity index (χ0v) is 18.2. The molecule has 160 valence electrons. The lowest BCUT2D eigenvalue weighted by molar-refractivity contribution is -0.136. The smallest absolute Gasteiger partial charge is 0.239 e. The molecule has 5 nitrogen and oxygen atoms in total. The monoisotopic (exact) mass is 398 g/mol. The molecule has 3 saturated heterocycles. The van der Waals surface area contributed by atoms with Gasteiger partial charge in [0.1, 0.15) is 0 Å². The van der Waals surface area contributed by atoms with Gasteiger partial charge >= 0.3 is 0 Å². The number of nitrogens with zero attached hydrogens (tertiary/aromatic N) is 4. The second kappa shape index (κ2) is 10.1. The fourth-order valence-electron chi connectivity index (χ4n) is 5.13. The number of rotatable bonds is 6. The lowest BCUT2D eigenvalue weighted by Gasteiger charge is -2.38. The Morgan fingerprint density at radius 2 is 1.34 bits per heavy atom. The summed E-state index contributed by atoms with van der Waals surface area (Å²) in [6.45, 7) is 12.7. The molecule has 0 N–H and O–H groups in total. The van der Waals surface area contributed by atoms with Gasteiger partial charge in [-0.05, 0) is 56.8 Å². The molecule has 0 aromatic heterocycles. The van der Waals surface area contributed by atoms with Gasteiger partial charge in [0.05, 0.1) is 6.04 Å². The van der Waals surface area contributed by atoms with E-state index in [1.165, 1.54) is 56.3 Å². The summed E-state index contributed by atoms with van der Waals surface area (Å²) >= 11 is 0. The summed E-state index contributed by atoms with van der Waals surface area (Å²) in [6.07, 6.45) is 6.43. The van der Waals surface area contributed by atoms with Gasteiger partial charge in [-0.15, -0.1) is 0 Å². The van der Waals surface area contributed by atoms with Crippen LogP contribution in [-0.4, -0.2) is 83.9 Å². The van der Waals surface area contributed by atoms with Gasteiger partial charge in [-0.3, -0.25) is 19.5 Å². The minimum Gasteiger partial charge on any atom is -0.341 e. The van der Waals surface area contributed by atoms with Gasteiger partial charge < -0.3 is 4.90 Å². The standard InChI is InChI=1S/C24H38N4O/c1-21(24(29)28-12-5-6-13-28)27-16-14-26(15-17-27)20-23-9-7-8-22(18-23)19-25-10-3-2-4-11-25/h7-9,18,21H,2-6,10-17,19-20H2,1H3. The van der Waals surface area contributed by atoms with Crippen LogP contribution in [0.5, 0.6) is 0 Å². The normalized spacial score (nSPS) is 23.4. The topological polar surface area (TPSA) is 30.0 Å². The molecule has 0 radical (unpaired) electrons. The van der Waals surface area contributed by atoms with Gasteiger partial charge in [-0.25, -0.2) is 0 Å². The number of benzene rings is 1. The molecule has 1 aromatic carbocycles. The van der Waals surface area contributed by atoms with Crippen molar-refractivity contribution in [2.45, 2.75) is 58.2 Å². The van der Waals surface area contributed by atoms with Gasteiger partial charge in [0.2, 0.25) is 5.91 Å². The maximum Gasteiger partial charge on any atom is 0.239 e. The summed E-state index contributed by atoms with van der Waals surface area (Å²) in [6, 6.07) is 9.21. The maximum atomic E-state index is 12.7. The van der Waals surface area contributed by atoms with E-state index in [0.717, 1.165) is 52.4 Å². The molecule has 0 aliphatic carbocycles. The molecular formula is C24H38N4O. The summed E-state index contributed by atoms with van der Waals surface area (Å²) in [7, 11) is 0. The van der Waals surface area contributed by atoms with Gasteiger partial charge in [0.15, 0.2) is 0 Å². The first-order valence-corrected chi connectivity index (χ1v) is 11.7. The van der Waals surface area contributed by atoms with Crippen LogP contribution in [0, 0.1) is 0 Å². The Bertz CT molecular complexity index is 659. The number of piperidine rings is 1. The second-order valence-corrected chi connectivity index (χ2v) is 9.18. The van der Waals surface area contributed by atoms with E-state index in [9.17, 15) is 4.79 Å². The highest BCUT2D eigenvalue weighted by atomic mass is 16.2. The second-order valence-electron chi connectivity index (χ2n) is 9.18. The van der Waals surface area contributed by atoms with Crippen LogP contribution in [0.25, 0.3) is 0 Å². The molecule has 1 unspecified atom stereocenters. The first-order valence-electron chi connectivity index (χ1n) is 11.7. The lowest BCUT2D eigenvalue weighted by atomic mass is 10.1. The van der Waals surface area contributed by atoms with E-state index in [1.54, 1.807) is 0 Å². The van der Waals surface area contributed by atoms with Crippen LogP contribution in [-0.2, 0) is 17.9 Å². The van der Waals surface area contributed by atoms with Crippen molar-refractivity contribution in [2.75, 3.05) is 52.4 Å². The Balaban J connectivity index is 1.25. The van der Waals surface area contributed by atoms with Crippen molar-refractivity contribution < 1.29 is 4.79 Å². The van der Waals surface area contributed by atoms with E-state index < -0.39 is 0 Å². The lowest BCUT2D eigenvalue weighted by Crippen LogP contribution is -2.54. The third-order valence-corrected chi connectivity index (χ3v) is 6.98.